The van der Waals surface area contributed by atoms with Gasteiger partial charge in [-0.3, -0.25) is 0 Å². The second kappa shape index (κ2) is 4.51. The van der Waals surface area contributed by atoms with Crippen molar-refractivity contribution in [2.24, 2.45) is 5.73 Å². The van der Waals surface area contributed by atoms with Gasteiger partial charge in [-0.15, -0.1) is 0 Å². The van der Waals surface area contributed by atoms with Crippen LogP contribution in [0, 0.1) is 0 Å². The average molecular weight is 272 g/mol. The van der Waals surface area contributed by atoms with E-state index in [1.807, 2.05) is 18.2 Å². The summed E-state index contributed by atoms with van der Waals surface area (Å²) >= 11 is 3.45. The van der Waals surface area contributed by atoms with Crippen molar-refractivity contribution in [2.75, 3.05) is 13.2 Å². The van der Waals surface area contributed by atoms with Crippen molar-refractivity contribution in [3.63, 3.8) is 0 Å². The van der Waals surface area contributed by atoms with Crippen molar-refractivity contribution in [1.82, 2.24) is 0 Å². The van der Waals surface area contributed by atoms with E-state index in [9.17, 15) is 0 Å². The maximum Gasteiger partial charge on any atom is 0.136 e. The molecule has 2 atom stereocenters. The second-order valence-corrected chi connectivity index (χ2v) is 4.60. The fourth-order valence-corrected chi connectivity index (χ4v) is 2.48. The van der Waals surface area contributed by atoms with Gasteiger partial charge in [-0.2, -0.15) is 0 Å². The molecule has 2 unspecified atom stereocenters. The molecule has 1 aromatic carbocycles. The van der Waals surface area contributed by atoms with E-state index in [1.54, 1.807) is 0 Å². The van der Waals surface area contributed by atoms with Crippen molar-refractivity contribution in [2.45, 2.75) is 18.4 Å². The van der Waals surface area contributed by atoms with Crippen LogP contribution in [0.3, 0.4) is 0 Å². The Balaban J connectivity index is 2.38. The molecule has 0 saturated heterocycles. The van der Waals surface area contributed by atoms with E-state index in [2.05, 4.69) is 15.9 Å². The van der Waals surface area contributed by atoms with Crippen LogP contribution in [0.15, 0.2) is 22.7 Å². The average Bonchev–Trinajstić information content (AvgIpc) is 2.28. The number of para-hydroxylation sites is 1. The number of benzene rings is 1. The number of hydrogen-bond acceptors (Lipinski definition) is 3. The van der Waals surface area contributed by atoms with Gasteiger partial charge in [0.1, 0.15) is 5.75 Å². The lowest BCUT2D eigenvalue weighted by Crippen LogP contribution is -2.35. The van der Waals surface area contributed by atoms with E-state index in [-0.39, 0.29) is 18.6 Å². The smallest absolute Gasteiger partial charge is 0.136 e. The summed E-state index contributed by atoms with van der Waals surface area (Å²) in [6, 6.07) is 5.72. The molecule has 0 fully saturated rings. The largest absolute Gasteiger partial charge is 0.492 e. The van der Waals surface area contributed by atoms with Crippen molar-refractivity contribution in [3.8, 4) is 5.75 Å². The monoisotopic (exact) mass is 271 g/mol. The Morgan fingerprint density at radius 1 is 1.60 bits per heavy atom. The van der Waals surface area contributed by atoms with Gasteiger partial charge in [-0.05, 0) is 28.4 Å². The molecule has 0 saturated carbocycles. The molecule has 1 aliphatic rings. The van der Waals surface area contributed by atoms with Crippen LogP contribution in [0.2, 0.25) is 0 Å². The van der Waals surface area contributed by atoms with Gasteiger partial charge in [-0.1, -0.05) is 12.1 Å². The molecule has 1 aliphatic heterocycles. The van der Waals surface area contributed by atoms with E-state index in [0.717, 1.165) is 22.2 Å². The van der Waals surface area contributed by atoms with Gasteiger partial charge >= 0.3 is 0 Å². The predicted molar refractivity (Wildman–Crippen MR) is 62.1 cm³/mol. The van der Waals surface area contributed by atoms with E-state index in [0.29, 0.717) is 6.61 Å². The fraction of sp³-hybridized carbons (Fsp3) is 0.455. The highest BCUT2D eigenvalue weighted by Crippen LogP contribution is 2.39. The number of aliphatic hydroxyl groups is 1. The molecule has 1 aromatic rings. The summed E-state index contributed by atoms with van der Waals surface area (Å²) in [4.78, 5) is 0. The Bertz CT molecular complexity index is 356. The van der Waals surface area contributed by atoms with Gasteiger partial charge in [0.2, 0.25) is 0 Å². The molecule has 2 rings (SSSR count). The van der Waals surface area contributed by atoms with E-state index < -0.39 is 0 Å². The van der Waals surface area contributed by atoms with Crippen LogP contribution in [0.25, 0.3) is 0 Å². The molecular weight excluding hydrogens is 258 g/mol. The molecule has 3 nitrogen and oxygen atoms in total. The first kappa shape index (κ1) is 10.9. The van der Waals surface area contributed by atoms with Crippen molar-refractivity contribution in [3.05, 3.63) is 28.2 Å². The highest BCUT2D eigenvalue weighted by Gasteiger charge is 2.27. The van der Waals surface area contributed by atoms with Crippen LogP contribution in [-0.2, 0) is 0 Å². The van der Waals surface area contributed by atoms with Crippen LogP contribution in [0.5, 0.6) is 5.75 Å². The quantitative estimate of drug-likeness (QED) is 0.860. The van der Waals surface area contributed by atoms with Gasteiger partial charge in [0.25, 0.3) is 0 Å². The Morgan fingerprint density at radius 2 is 2.40 bits per heavy atom. The number of nitrogens with two attached hydrogens (primary N) is 1. The molecular formula is C11H14BrNO2. The summed E-state index contributed by atoms with van der Waals surface area (Å²) in [6.07, 6.45) is 0.866. The first-order valence-corrected chi connectivity index (χ1v) is 5.81. The SMILES string of the molecule is NC(CO)C1CCOc2c(Br)cccc21. The second-order valence-electron chi connectivity index (χ2n) is 3.75. The maximum atomic E-state index is 9.10. The first-order chi connectivity index (χ1) is 7.24. The normalized spacial score (nSPS) is 21.7. The predicted octanol–water partition coefficient (Wildman–Crippen LogP) is 1.63. The standard InChI is InChI=1S/C11H14BrNO2/c12-9-3-1-2-8-7(10(13)6-14)4-5-15-11(8)9/h1-3,7,10,14H,4-6,13H2. The maximum absolute atomic E-state index is 9.10. The lowest BCUT2D eigenvalue weighted by atomic mass is 9.87. The van der Waals surface area contributed by atoms with E-state index in [4.69, 9.17) is 15.6 Å². The highest BCUT2D eigenvalue weighted by atomic mass is 79.9. The minimum atomic E-state index is -0.207. The third-order valence-corrected chi connectivity index (χ3v) is 3.42. The lowest BCUT2D eigenvalue weighted by Gasteiger charge is -2.29. The number of halogens is 1. The van der Waals surface area contributed by atoms with Gasteiger partial charge < -0.3 is 15.6 Å². The zero-order valence-corrected chi connectivity index (χ0v) is 9.90. The Labute approximate surface area is 97.4 Å². The minimum Gasteiger partial charge on any atom is -0.492 e. The number of ether oxygens (including phenoxy) is 1. The Kier molecular flexibility index (Phi) is 3.29. The molecule has 0 radical (unpaired) electrons. The summed E-state index contributed by atoms with van der Waals surface area (Å²) in [5, 5.41) is 9.10. The van der Waals surface area contributed by atoms with Crippen molar-refractivity contribution >= 4 is 15.9 Å². The summed E-state index contributed by atoms with van der Waals surface area (Å²) in [6.45, 7) is 0.671. The van der Waals surface area contributed by atoms with Gasteiger partial charge in [0.15, 0.2) is 0 Å². The number of rotatable bonds is 2. The topological polar surface area (TPSA) is 55.5 Å². The van der Waals surface area contributed by atoms with Gasteiger partial charge in [0.05, 0.1) is 17.7 Å². The molecule has 0 spiro atoms. The molecule has 4 heteroatoms. The molecule has 0 aromatic heterocycles. The van der Waals surface area contributed by atoms with Gasteiger partial charge in [0, 0.05) is 17.5 Å². The van der Waals surface area contributed by atoms with Crippen LogP contribution in [0.1, 0.15) is 17.9 Å². The molecule has 0 amide bonds. The van der Waals surface area contributed by atoms with E-state index in [1.165, 1.54) is 0 Å². The van der Waals surface area contributed by atoms with Crippen LogP contribution in [0.4, 0.5) is 0 Å². The molecule has 15 heavy (non-hydrogen) atoms. The molecule has 0 aliphatic carbocycles. The Hall–Kier alpha value is -0.580. The minimum absolute atomic E-state index is 0.0105. The van der Waals surface area contributed by atoms with Crippen LogP contribution < -0.4 is 10.5 Å². The summed E-state index contributed by atoms with van der Waals surface area (Å²) in [5.74, 6) is 1.06. The summed E-state index contributed by atoms with van der Waals surface area (Å²) < 4.78 is 6.55. The summed E-state index contributed by atoms with van der Waals surface area (Å²) in [7, 11) is 0. The van der Waals surface area contributed by atoms with Crippen LogP contribution in [-0.4, -0.2) is 24.4 Å². The molecule has 0 bridgehead atoms. The third-order valence-electron chi connectivity index (χ3n) is 2.80. The highest BCUT2D eigenvalue weighted by molar-refractivity contribution is 9.10. The molecule has 82 valence electrons. The zero-order valence-electron chi connectivity index (χ0n) is 8.32. The summed E-state index contributed by atoms with van der Waals surface area (Å²) in [5.41, 5.74) is 6.99. The van der Waals surface area contributed by atoms with Gasteiger partial charge in [-0.25, -0.2) is 0 Å². The number of aliphatic hydroxyl groups excluding tert-OH is 1. The lowest BCUT2D eigenvalue weighted by molar-refractivity contribution is 0.208. The Morgan fingerprint density at radius 3 is 3.13 bits per heavy atom. The fourth-order valence-electron chi connectivity index (χ4n) is 1.99. The molecule has 3 N–H and O–H groups in total. The number of fused-ring (bicyclic) bond motifs is 1. The van der Waals surface area contributed by atoms with Crippen molar-refractivity contribution < 1.29 is 9.84 Å². The number of hydrogen-bond donors (Lipinski definition) is 2. The first-order valence-electron chi connectivity index (χ1n) is 5.01. The van der Waals surface area contributed by atoms with Crippen molar-refractivity contribution in [1.29, 1.82) is 0 Å². The molecule has 1 heterocycles. The zero-order chi connectivity index (χ0) is 10.8. The third kappa shape index (κ3) is 2.02. The van der Waals surface area contributed by atoms with Crippen LogP contribution >= 0.6 is 15.9 Å². The van der Waals surface area contributed by atoms with E-state index >= 15 is 0 Å².